The Morgan fingerprint density at radius 3 is 1.44 bits per heavy atom. The molecule has 0 aliphatic carbocycles. The van der Waals surface area contributed by atoms with Gasteiger partial charge in [-0.1, -0.05) is 117 Å². The summed E-state index contributed by atoms with van der Waals surface area (Å²) in [7, 11) is 0. The highest BCUT2D eigenvalue weighted by Gasteiger charge is 2.16. The van der Waals surface area contributed by atoms with E-state index in [4.69, 9.17) is 0 Å². The van der Waals surface area contributed by atoms with Crippen molar-refractivity contribution in [3.63, 3.8) is 0 Å². The number of carboxylic acid groups (broad SMARTS) is 1. The molecule has 1 rings (SSSR count). The van der Waals surface area contributed by atoms with Crippen molar-refractivity contribution in [2.45, 2.75) is 142 Å². The Balaban J connectivity index is 2.12. The molecule has 0 spiro atoms. The van der Waals surface area contributed by atoms with Crippen LogP contribution in [-0.4, -0.2) is 16.2 Å². The average molecular weight is 447 g/mol. The van der Waals surface area contributed by atoms with Gasteiger partial charge in [-0.15, -0.1) is 0 Å². The molecule has 1 aromatic carbocycles. The second-order valence-corrected chi connectivity index (χ2v) is 9.55. The van der Waals surface area contributed by atoms with Crippen LogP contribution in [0.5, 0.6) is 5.75 Å². The molecule has 3 nitrogen and oxygen atoms in total. The second kappa shape index (κ2) is 19.0. The van der Waals surface area contributed by atoms with Crippen LogP contribution in [0.2, 0.25) is 0 Å². The van der Waals surface area contributed by atoms with Crippen LogP contribution in [0.25, 0.3) is 0 Å². The third-order valence-electron chi connectivity index (χ3n) is 6.70. The number of hydrogen-bond acceptors (Lipinski definition) is 2. The molecule has 1 aromatic rings. The number of hydrogen-bond donors (Lipinski definition) is 2. The molecular weight excluding hydrogens is 396 g/mol. The quantitative estimate of drug-likeness (QED) is 0.185. The average Bonchev–Trinajstić information content (AvgIpc) is 2.78. The van der Waals surface area contributed by atoms with Crippen LogP contribution in [0.1, 0.15) is 151 Å². The van der Waals surface area contributed by atoms with E-state index in [-0.39, 0.29) is 5.75 Å². The van der Waals surface area contributed by atoms with E-state index in [0.717, 1.165) is 49.7 Å². The lowest BCUT2D eigenvalue weighted by Crippen LogP contribution is -2.07. The Morgan fingerprint density at radius 2 is 1.00 bits per heavy atom. The summed E-state index contributed by atoms with van der Waals surface area (Å²) in [5.74, 6) is -0.619. The Morgan fingerprint density at radius 1 is 0.594 bits per heavy atom. The number of carbonyl (C=O) groups is 1. The third-order valence-corrected chi connectivity index (χ3v) is 6.70. The highest BCUT2D eigenvalue weighted by atomic mass is 16.4. The van der Waals surface area contributed by atoms with Gasteiger partial charge in [0.2, 0.25) is 0 Å². The lowest BCUT2D eigenvalue weighted by molar-refractivity contribution is 0.0695. The lowest BCUT2D eigenvalue weighted by Gasteiger charge is -2.14. The van der Waals surface area contributed by atoms with Gasteiger partial charge in [0.15, 0.2) is 0 Å². The summed E-state index contributed by atoms with van der Waals surface area (Å²) in [5.41, 5.74) is 2.08. The van der Waals surface area contributed by atoms with Gasteiger partial charge < -0.3 is 10.2 Å². The maximum atomic E-state index is 11.6. The van der Waals surface area contributed by atoms with Crippen molar-refractivity contribution in [2.75, 3.05) is 0 Å². The standard InChI is InChI=1S/C29H50O3/c1-3-5-7-8-9-10-11-12-13-14-15-16-17-18-19-20-22-26-25(21-6-4-2)27(29(31)32)23-24-28(26)30/h23-24,30H,3-22H2,1-2H3,(H,31,32). The highest BCUT2D eigenvalue weighted by molar-refractivity contribution is 5.90. The van der Waals surface area contributed by atoms with E-state index in [2.05, 4.69) is 13.8 Å². The molecule has 0 atom stereocenters. The van der Waals surface area contributed by atoms with E-state index < -0.39 is 5.97 Å². The molecule has 0 fully saturated rings. The first-order valence-electron chi connectivity index (χ1n) is 13.7. The number of aromatic carboxylic acids is 1. The summed E-state index contributed by atoms with van der Waals surface area (Å²) in [4.78, 5) is 11.6. The molecule has 2 N–H and O–H groups in total. The number of carboxylic acids is 1. The largest absolute Gasteiger partial charge is 0.508 e. The van der Waals surface area contributed by atoms with Gasteiger partial charge in [0.25, 0.3) is 0 Å². The Labute approximate surface area is 198 Å². The molecule has 0 aliphatic heterocycles. The van der Waals surface area contributed by atoms with Crippen LogP contribution in [0.4, 0.5) is 0 Å². The van der Waals surface area contributed by atoms with Gasteiger partial charge >= 0.3 is 5.97 Å². The zero-order chi connectivity index (χ0) is 23.4. The summed E-state index contributed by atoms with van der Waals surface area (Å²) in [6, 6.07) is 3.11. The predicted molar refractivity (Wildman–Crippen MR) is 137 cm³/mol. The maximum Gasteiger partial charge on any atom is 0.335 e. The summed E-state index contributed by atoms with van der Waals surface area (Å²) in [6.07, 6.45) is 24.9. The summed E-state index contributed by atoms with van der Waals surface area (Å²) >= 11 is 0. The van der Waals surface area contributed by atoms with Crippen molar-refractivity contribution in [2.24, 2.45) is 0 Å². The third kappa shape index (κ3) is 12.5. The Bertz CT molecular complexity index is 609. The molecule has 32 heavy (non-hydrogen) atoms. The normalized spacial score (nSPS) is 11.2. The van der Waals surface area contributed by atoms with Gasteiger partial charge in [-0.25, -0.2) is 4.79 Å². The van der Waals surface area contributed by atoms with Crippen molar-refractivity contribution in [1.29, 1.82) is 0 Å². The summed E-state index contributed by atoms with van der Waals surface area (Å²) < 4.78 is 0. The predicted octanol–water partition coefficient (Wildman–Crippen LogP) is 9.24. The fraction of sp³-hybridized carbons (Fsp3) is 0.759. The molecule has 0 aromatic heterocycles. The first-order chi connectivity index (χ1) is 15.6. The van der Waals surface area contributed by atoms with Crippen LogP contribution < -0.4 is 0 Å². The van der Waals surface area contributed by atoms with E-state index in [1.165, 1.54) is 89.9 Å². The molecule has 3 heteroatoms. The molecule has 0 unspecified atom stereocenters. The Hall–Kier alpha value is -1.51. The molecular formula is C29H50O3. The second-order valence-electron chi connectivity index (χ2n) is 9.55. The minimum atomic E-state index is -0.885. The molecule has 0 heterocycles. The smallest absolute Gasteiger partial charge is 0.335 e. The number of benzene rings is 1. The SMILES string of the molecule is CCCCCCCCCCCCCCCCCCc1c(O)ccc(C(=O)O)c1CCCC. The van der Waals surface area contributed by atoms with E-state index in [1.807, 2.05) is 0 Å². The Kier molecular flexibility index (Phi) is 16.9. The number of rotatable bonds is 21. The first-order valence-corrected chi connectivity index (χ1v) is 13.7. The number of phenolic OH excluding ortho intramolecular Hbond substituents is 1. The van der Waals surface area contributed by atoms with E-state index in [1.54, 1.807) is 12.1 Å². The van der Waals surface area contributed by atoms with E-state index in [0.29, 0.717) is 5.56 Å². The zero-order valence-electron chi connectivity index (χ0n) is 21.1. The number of aromatic hydroxyl groups is 1. The molecule has 0 aliphatic rings. The molecule has 0 saturated carbocycles. The van der Waals surface area contributed by atoms with Gasteiger partial charge in [0.1, 0.15) is 5.75 Å². The van der Waals surface area contributed by atoms with E-state index in [9.17, 15) is 15.0 Å². The lowest BCUT2D eigenvalue weighted by atomic mass is 9.92. The van der Waals surface area contributed by atoms with Gasteiger partial charge in [0, 0.05) is 0 Å². The minimum Gasteiger partial charge on any atom is -0.508 e. The van der Waals surface area contributed by atoms with Gasteiger partial charge in [-0.3, -0.25) is 0 Å². The fourth-order valence-electron chi connectivity index (χ4n) is 4.65. The minimum absolute atomic E-state index is 0.266. The van der Waals surface area contributed by atoms with Crippen LogP contribution in [0.3, 0.4) is 0 Å². The summed E-state index contributed by atoms with van der Waals surface area (Å²) in [5, 5.41) is 19.8. The topological polar surface area (TPSA) is 57.5 Å². The van der Waals surface area contributed by atoms with Crippen molar-refractivity contribution >= 4 is 5.97 Å². The fourth-order valence-corrected chi connectivity index (χ4v) is 4.65. The van der Waals surface area contributed by atoms with E-state index >= 15 is 0 Å². The molecule has 184 valence electrons. The van der Waals surface area contributed by atoms with Crippen molar-refractivity contribution in [1.82, 2.24) is 0 Å². The monoisotopic (exact) mass is 446 g/mol. The van der Waals surface area contributed by atoms with Crippen LogP contribution in [-0.2, 0) is 12.8 Å². The van der Waals surface area contributed by atoms with Crippen molar-refractivity contribution in [3.8, 4) is 5.75 Å². The van der Waals surface area contributed by atoms with Gasteiger partial charge in [-0.2, -0.15) is 0 Å². The number of unbranched alkanes of at least 4 members (excludes halogenated alkanes) is 16. The molecule has 0 saturated heterocycles. The van der Waals surface area contributed by atoms with Crippen LogP contribution >= 0.6 is 0 Å². The molecule has 0 radical (unpaired) electrons. The summed E-state index contributed by atoms with van der Waals surface area (Å²) in [6.45, 7) is 4.39. The number of phenols is 1. The van der Waals surface area contributed by atoms with Crippen LogP contribution in [0.15, 0.2) is 12.1 Å². The maximum absolute atomic E-state index is 11.6. The molecule has 0 amide bonds. The van der Waals surface area contributed by atoms with Crippen molar-refractivity contribution < 1.29 is 15.0 Å². The highest BCUT2D eigenvalue weighted by Crippen LogP contribution is 2.28. The molecule has 0 bridgehead atoms. The van der Waals surface area contributed by atoms with Gasteiger partial charge in [0.05, 0.1) is 5.56 Å². The van der Waals surface area contributed by atoms with Crippen molar-refractivity contribution in [3.05, 3.63) is 28.8 Å². The first kappa shape index (κ1) is 28.5. The van der Waals surface area contributed by atoms with Crippen LogP contribution in [0, 0.1) is 0 Å². The zero-order valence-corrected chi connectivity index (χ0v) is 21.1. The van der Waals surface area contributed by atoms with Gasteiger partial charge in [-0.05, 0) is 48.9 Å².